The van der Waals surface area contributed by atoms with Gasteiger partial charge < -0.3 is 15.1 Å². The van der Waals surface area contributed by atoms with Gasteiger partial charge in [0.05, 0.1) is 6.26 Å². The Labute approximate surface area is 118 Å². The lowest BCUT2D eigenvalue weighted by atomic mass is 9.88. The van der Waals surface area contributed by atoms with Gasteiger partial charge in [0.25, 0.3) is 5.91 Å². The van der Waals surface area contributed by atoms with Gasteiger partial charge in [-0.3, -0.25) is 9.59 Å². The van der Waals surface area contributed by atoms with Crippen LogP contribution >= 0.6 is 0 Å². The number of hydrogen-bond donors (Lipinski definition) is 2. The Kier molecular flexibility index (Phi) is 3.76. The highest BCUT2D eigenvalue weighted by atomic mass is 16.3. The van der Waals surface area contributed by atoms with Crippen molar-refractivity contribution in [1.82, 2.24) is 10.6 Å². The van der Waals surface area contributed by atoms with Crippen LogP contribution in [-0.2, 0) is 4.79 Å². The summed E-state index contributed by atoms with van der Waals surface area (Å²) in [5.74, 6) is 1.78. The highest BCUT2D eigenvalue weighted by Gasteiger charge is 2.42. The van der Waals surface area contributed by atoms with Crippen LogP contribution in [0.3, 0.4) is 0 Å². The molecule has 5 heteroatoms. The average Bonchev–Trinajstić information content (AvgIpc) is 3.19. The van der Waals surface area contributed by atoms with Crippen LogP contribution in [0.1, 0.15) is 36.2 Å². The predicted molar refractivity (Wildman–Crippen MR) is 73.0 cm³/mol. The lowest BCUT2D eigenvalue weighted by Crippen LogP contribution is -2.38. The van der Waals surface area contributed by atoms with Crippen molar-refractivity contribution >= 4 is 11.8 Å². The molecule has 1 heterocycles. The van der Waals surface area contributed by atoms with Gasteiger partial charge >= 0.3 is 0 Å². The number of carbonyl (C=O) groups is 2. The van der Waals surface area contributed by atoms with E-state index < -0.39 is 0 Å². The maximum Gasteiger partial charge on any atom is 0.287 e. The Bertz CT molecular complexity index is 483. The van der Waals surface area contributed by atoms with Crippen molar-refractivity contribution in [3.05, 3.63) is 24.2 Å². The molecule has 2 amide bonds. The van der Waals surface area contributed by atoms with E-state index >= 15 is 0 Å². The Morgan fingerprint density at radius 1 is 1.20 bits per heavy atom. The average molecular weight is 276 g/mol. The molecule has 1 aromatic heterocycles. The van der Waals surface area contributed by atoms with Crippen LogP contribution in [0.5, 0.6) is 0 Å². The van der Waals surface area contributed by atoms with Gasteiger partial charge in [-0.1, -0.05) is 6.42 Å². The van der Waals surface area contributed by atoms with Gasteiger partial charge in [-0.2, -0.15) is 0 Å². The summed E-state index contributed by atoms with van der Waals surface area (Å²) in [7, 11) is 0. The normalized spacial score (nSPS) is 27.5. The Balaban J connectivity index is 1.36. The van der Waals surface area contributed by atoms with Crippen LogP contribution in [0.15, 0.2) is 22.8 Å². The second kappa shape index (κ2) is 5.69. The zero-order valence-electron chi connectivity index (χ0n) is 11.4. The second-order valence-electron chi connectivity index (χ2n) is 5.81. The molecule has 0 saturated heterocycles. The molecular weight excluding hydrogens is 256 g/mol. The predicted octanol–water partition coefficient (Wildman–Crippen LogP) is 1.56. The van der Waals surface area contributed by atoms with Gasteiger partial charge in [0.1, 0.15) is 0 Å². The van der Waals surface area contributed by atoms with E-state index in [1.54, 1.807) is 12.1 Å². The summed E-state index contributed by atoms with van der Waals surface area (Å²) in [6.45, 7) is 0.894. The minimum Gasteiger partial charge on any atom is -0.459 e. The second-order valence-corrected chi connectivity index (χ2v) is 5.81. The van der Waals surface area contributed by atoms with Gasteiger partial charge in [-0.05, 0) is 43.2 Å². The third-order valence-corrected chi connectivity index (χ3v) is 4.53. The first kappa shape index (κ1) is 13.2. The molecule has 2 saturated carbocycles. The molecular formula is C15H20N2O3. The zero-order valence-corrected chi connectivity index (χ0v) is 11.4. The number of rotatable bonds is 5. The summed E-state index contributed by atoms with van der Waals surface area (Å²) < 4.78 is 4.99. The number of amides is 2. The molecule has 2 N–H and O–H groups in total. The van der Waals surface area contributed by atoms with Crippen LogP contribution in [0.25, 0.3) is 0 Å². The molecule has 5 nitrogen and oxygen atoms in total. The lowest BCUT2D eigenvalue weighted by Gasteiger charge is -2.20. The number of nitrogens with one attached hydrogen (secondary N) is 2. The summed E-state index contributed by atoms with van der Waals surface area (Å²) in [4.78, 5) is 23.7. The molecule has 2 aliphatic carbocycles. The van der Waals surface area contributed by atoms with Gasteiger partial charge in [0.2, 0.25) is 5.91 Å². The van der Waals surface area contributed by atoms with Crippen molar-refractivity contribution < 1.29 is 14.0 Å². The first-order chi connectivity index (χ1) is 9.74. The van der Waals surface area contributed by atoms with E-state index in [1.807, 2.05) is 0 Å². The first-order valence-corrected chi connectivity index (χ1v) is 7.33. The third-order valence-electron chi connectivity index (χ3n) is 4.53. The standard InChI is InChI=1S/C15H20N2O3/c18-14(12-9-10-3-4-11(12)8-10)16-5-6-17-15(19)13-2-1-7-20-13/h1-2,7,10-12H,3-6,8-9H2,(H,16,18)(H,17,19). The quantitative estimate of drug-likeness (QED) is 0.802. The first-order valence-electron chi connectivity index (χ1n) is 7.33. The van der Waals surface area contributed by atoms with Crippen molar-refractivity contribution in [3.8, 4) is 0 Å². The van der Waals surface area contributed by atoms with Crippen molar-refractivity contribution in [1.29, 1.82) is 0 Å². The minimum absolute atomic E-state index is 0.157. The topological polar surface area (TPSA) is 71.3 Å². The summed E-state index contributed by atoms with van der Waals surface area (Å²) in [5, 5.41) is 5.64. The Morgan fingerprint density at radius 2 is 2.05 bits per heavy atom. The summed E-state index contributed by atoms with van der Waals surface area (Å²) in [5.41, 5.74) is 0. The van der Waals surface area contributed by atoms with Crippen LogP contribution in [-0.4, -0.2) is 24.9 Å². The minimum atomic E-state index is -0.246. The number of hydrogen-bond acceptors (Lipinski definition) is 3. The third kappa shape index (κ3) is 2.71. The van der Waals surface area contributed by atoms with Crippen molar-refractivity contribution in [3.63, 3.8) is 0 Å². The molecule has 0 radical (unpaired) electrons. The maximum atomic E-state index is 12.1. The van der Waals surface area contributed by atoms with E-state index in [4.69, 9.17) is 4.42 Å². The van der Waals surface area contributed by atoms with E-state index in [-0.39, 0.29) is 17.7 Å². The van der Waals surface area contributed by atoms with E-state index in [9.17, 15) is 9.59 Å². The van der Waals surface area contributed by atoms with Crippen LogP contribution < -0.4 is 10.6 Å². The van der Waals surface area contributed by atoms with E-state index in [0.29, 0.717) is 24.8 Å². The van der Waals surface area contributed by atoms with Crippen molar-refractivity contribution in [2.24, 2.45) is 17.8 Å². The fourth-order valence-electron chi connectivity index (χ4n) is 3.55. The fraction of sp³-hybridized carbons (Fsp3) is 0.600. The Hall–Kier alpha value is -1.78. The largest absolute Gasteiger partial charge is 0.459 e. The fourth-order valence-corrected chi connectivity index (χ4v) is 3.55. The smallest absolute Gasteiger partial charge is 0.287 e. The molecule has 3 rings (SSSR count). The zero-order chi connectivity index (χ0) is 13.9. The molecule has 2 aliphatic rings. The molecule has 0 aliphatic heterocycles. The van der Waals surface area contributed by atoms with Gasteiger partial charge in [0, 0.05) is 19.0 Å². The molecule has 1 aromatic rings. The van der Waals surface area contributed by atoms with Crippen LogP contribution in [0.2, 0.25) is 0 Å². The lowest BCUT2D eigenvalue weighted by molar-refractivity contribution is -0.126. The number of carbonyl (C=O) groups excluding carboxylic acids is 2. The molecule has 2 bridgehead atoms. The Morgan fingerprint density at radius 3 is 2.70 bits per heavy atom. The molecule has 3 unspecified atom stereocenters. The maximum absolute atomic E-state index is 12.1. The van der Waals surface area contributed by atoms with Crippen LogP contribution in [0, 0.1) is 17.8 Å². The highest BCUT2D eigenvalue weighted by Crippen LogP contribution is 2.48. The monoisotopic (exact) mass is 276 g/mol. The number of furan rings is 1. The molecule has 108 valence electrons. The summed E-state index contributed by atoms with van der Waals surface area (Å²) in [6.07, 6.45) is 6.25. The highest BCUT2D eigenvalue weighted by molar-refractivity contribution is 5.91. The van der Waals surface area contributed by atoms with Crippen molar-refractivity contribution in [2.45, 2.75) is 25.7 Å². The van der Waals surface area contributed by atoms with E-state index in [2.05, 4.69) is 10.6 Å². The van der Waals surface area contributed by atoms with Gasteiger partial charge in [-0.25, -0.2) is 0 Å². The summed E-state index contributed by atoms with van der Waals surface area (Å²) in [6, 6.07) is 3.29. The van der Waals surface area contributed by atoms with E-state index in [1.165, 1.54) is 25.5 Å². The SMILES string of the molecule is O=C(NCCNC(=O)C1CC2CCC1C2)c1ccco1. The molecule has 3 atom stereocenters. The van der Waals surface area contributed by atoms with Gasteiger partial charge in [0.15, 0.2) is 5.76 Å². The molecule has 20 heavy (non-hydrogen) atoms. The van der Waals surface area contributed by atoms with Crippen molar-refractivity contribution in [2.75, 3.05) is 13.1 Å². The molecule has 2 fully saturated rings. The van der Waals surface area contributed by atoms with Gasteiger partial charge in [-0.15, -0.1) is 0 Å². The summed E-state index contributed by atoms with van der Waals surface area (Å²) >= 11 is 0. The molecule has 0 aromatic carbocycles. The van der Waals surface area contributed by atoms with E-state index in [0.717, 1.165) is 12.3 Å². The molecule has 0 spiro atoms. The number of fused-ring (bicyclic) bond motifs is 2. The van der Waals surface area contributed by atoms with Crippen LogP contribution in [0.4, 0.5) is 0 Å².